The maximum absolute atomic E-state index is 7.89. The van der Waals surface area contributed by atoms with E-state index in [1.807, 2.05) is 0 Å². The van der Waals surface area contributed by atoms with E-state index in [1.165, 1.54) is 0 Å². The summed E-state index contributed by atoms with van der Waals surface area (Å²) in [7, 11) is -4.41. The van der Waals surface area contributed by atoms with E-state index in [2.05, 4.69) is 4.43 Å². The zero-order chi connectivity index (χ0) is 5.91. The van der Waals surface area contributed by atoms with Crippen molar-refractivity contribution in [2.45, 2.75) is 0 Å². The predicted molar refractivity (Wildman–Crippen MR) is 27.7 cm³/mol. The van der Waals surface area contributed by atoms with Gasteiger partial charge in [-0.2, -0.15) is 0 Å². The van der Waals surface area contributed by atoms with Crippen LogP contribution in [-0.2, 0) is 4.43 Å². The first-order valence-electron chi connectivity index (χ1n) is 1.48. The van der Waals surface area contributed by atoms with Crippen LogP contribution in [0.3, 0.4) is 0 Å². The van der Waals surface area contributed by atoms with Crippen molar-refractivity contribution in [3.63, 3.8) is 0 Å². The van der Waals surface area contributed by atoms with E-state index in [-0.39, 0.29) is 29.6 Å². The minimum atomic E-state index is -4.41. The molecule has 0 unspecified atom stereocenters. The topological polar surface area (TPSA) is 90.2 Å². The van der Waals surface area contributed by atoms with E-state index >= 15 is 0 Å². The number of hydrogen-bond acceptors (Lipinski definition) is 5. The Labute approximate surface area is 69.3 Å². The summed E-state index contributed by atoms with van der Waals surface area (Å²) in [5.74, 6) is 0. The van der Waals surface area contributed by atoms with Gasteiger partial charge in [0.2, 0.25) is 0 Å². The maximum atomic E-state index is 7.89. The van der Waals surface area contributed by atoms with Crippen molar-refractivity contribution >= 4 is 38.6 Å². The summed E-state index contributed by atoms with van der Waals surface area (Å²) >= 11 is 0. The summed E-state index contributed by atoms with van der Waals surface area (Å²) < 4.78 is 3.59. The molecule has 46 valence electrons. The van der Waals surface area contributed by atoms with E-state index < -0.39 is 15.8 Å². The summed E-state index contributed by atoms with van der Waals surface area (Å²) in [5.41, 5.74) is 0. The van der Waals surface area contributed by atoms with E-state index in [0.717, 1.165) is 0 Å². The molecular formula is CH7NaO5Si. The van der Waals surface area contributed by atoms with Crippen LogP contribution in [0.2, 0.25) is 0 Å². The van der Waals surface area contributed by atoms with Crippen molar-refractivity contribution in [3.8, 4) is 0 Å². The molecule has 0 aromatic carbocycles. The molecule has 0 saturated carbocycles. The van der Waals surface area contributed by atoms with Crippen LogP contribution < -0.4 is 0 Å². The number of hydrogen-bond donors (Lipinski definition) is 4. The molecule has 5 nitrogen and oxygen atoms in total. The first kappa shape index (κ1) is 11.8. The van der Waals surface area contributed by atoms with Crippen molar-refractivity contribution < 1.29 is 23.9 Å². The number of rotatable bonds is 2. The zero-order valence-corrected chi connectivity index (χ0v) is 4.40. The van der Waals surface area contributed by atoms with Gasteiger partial charge in [-0.3, -0.25) is 0 Å². The van der Waals surface area contributed by atoms with Crippen molar-refractivity contribution in [3.05, 3.63) is 0 Å². The number of aliphatic hydroxyl groups is 1. The van der Waals surface area contributed by atoms with E-state index in [0.29, 0.717) is 0 Å². The van der Waals surface area contributed by atoms with Gasteiger partial charge in [-0.1, -0.05) is 0 Å². The molecule has 0 rings (SSSR count). The van der Waals surface area contributed by atoms with Crippen molar-refractivity contribution in [2.24, 2.45) is 0 Å². The van der Waals surface area contributed by atoms with Crippen LogP contribution in [0.1, 0.15) is 0 Å². The van der Waals surface area contributed by atoms with Gasteiger partial charge in [0, 0.05) is 0 Å². The van der Waals surface area contributed by atoms with Gasteiger partial charge in [0.25, 0.3) is 0 Å². The average molecular weight is 150 g/mol. The molecule has 0 atom stereocenters. The fourth-order valence-electron chi connectivity index (χ4n) is 0.0866. The normalized spacial score (nSPS) is 10.5. The predicted octanol–water partition coefficient (Wildman–Crippen LogP) is -3.28. The van der Waals surface area contributed by atoms with Crippen LogP contribution in [0.5, 0.6) is 0 Å². The standard InChI is InChI=1S/CH6O5Si.Na.H/c2-1-6-7(3,4)5;;/h2-5H,1H2;;. The Balaban J connectivity index is 0. The fourth-order valence-corrected chi connectivity index (χ4v) is 0.260. The SMILES string of the molecule is OCO[Si](O)(O)O.[NaH]. The zero-order valence-electron chi connectivity index (χ0n) is 3.40. The van der Waals surface area contributed by atoms with Crippen molar-refractivity contribution in [2.75, 3.05) is 6.79 Å². The van der Waals surface area contributed by atoms with Gasteiger partial charge in [0.1, 0.15) is 6.79 Å². The third-order valence-electron chi connectivity index (χ3n) is 0.258. The molecule has 0 spiro atoms. The third-order valence-corrected chi connectivity index (χ3v) is 0.775. The molecule has 0 aromatic heterocycles. The van der Waals surface area contributed by atoms with Gasteiger partial charge in [0.15, 0.2) is 0 Å². The molecule has 8 heavy (non-hydrogen) atoms. The Morgan fingerprint density at radius 3 is 1.62 bits per heavy atom. The van der Waals surface area contributed by atoms with E-state index in [1.54, 1.807) is 0 Å². The second kappa shape index (κ2) is 4.85. The van der Waals surface area contributed by atoms with Crippen LogP contribution in [0.25, 0.3) is 0 Å². The molecule has 4 N–H and O–H groups in total. The second-order valence-corrected chi connectivity index (χ2v) is 2.28. The Morgan fingerprint density at radius 1 is 1.25 bits per heavy atom. The van der Waals surface area contributed by atoms with E-state index in [4.69, 9.17) is 19.5 Å². The van der Waals surface area contributed by atoms with Gasteiger partial charge in [-0.25, -0.2) is 0 Å². The fraction of sp³-hybridized carbons (Fsp3) is 1.00. The van der Waals surface area contributed by atoms with Crippen LogP contribution in [0.4, 0.5) is 0 Å². The molecular weight excluding hydrogens is 143 g/mol. The molecule has 0 aliphatic rings. The van der Waals surface area contributed by atoms with Gasteiger partial charge in [0.05, 0.1) is 0 Å². The summed E-state index contributed by atoms with van der Waals surface area (Å²) in [6.45, 7) is -0.879. The van der Waals surface area contributed by atoms with Crippen LogP contribution in [0, 0.1) is 0 Å². The molecule has 0 radical (unpaired) electrons. The molecule has 7 heteroatoms. The summed E-state index contributed by atoms with van der Waals surface area (Å²) in [6, 6.07) is 0. The molecule has 0 aliphatic heterocycles. The number of aliphatic hydroxyl groups excluding tert-OH is 1. The van der Waals surface area contributed by atoms with Crippen LogP contribution >= 0.6 is 0 Å². The van der Waals surface area contributed by atoms with Gasteiger partial charge < -0.3 is 23.9 Å². The molecule has 0 heterocycles. The third kappa shape index (κ3) is 10.1. The first-order valence-corrected chi connectivity index (χ1v) is 3.23. The first-order chi connectivity index (χ1) is 3.06. The van der Waals surface area contributed by atoms with Gasteiger partial charge in [-0.15, -0.1) is 0 Å². The Kier molecular flexibility index (Phi) is 7.14. The Bertz CT molecular complexity index is 50.9. The van der Waals surface area contributed by atoms with Crippen LogP contribution in [0.15, 0.2) is 0 Å². The van der Waals surface area contributed by atoms with Crippen molar-refractivity contribution in [1.29, 1.82) is 0 Å². The molecule has 0 aliphatic carbocycles. The molecule has 0 amide bonds. The summed E-state index contributed by atoms with van der Waals surface area (Å²) in [6.07, 6.45) is 0. The molecule has 0 bridgehead atoms. The quantitative estimate of drug-likeness (QED) is 0.245. The molecule has 0 saturated heterocycles. The molecule has 0 aromatic rings. The second-order valence-electron chi connectivity index (χ2n) is 0.847. The van der Waals surface area contributed by atoms with Gasteiger partial charge in [-0.05, 0) is 0 Å². The summed E-state index contributed by atoms with van der Waals surface area (Å²) in [5, 5.41) is 7.73. The monoisotopic (exact) mass is 150 g/mol. The average Bonchev–Trinajstić information content (AvgIpc) is 1.30. The summed E-state index contributed by atoms with van der Waals surface area (Å²) in [4.78, 5) is 23.7. The minimum absolute atomic E-state index is 0. The Hall–Kier alpha value is 1.02. The Morgan fingerprint density at radius 2 is 1.62 bits per heavy atom. The molecule has 0 fully saturated rings. The van der Waals surface area contributed by atoms with Crippen LogP contribution in [-0.4, -0.2) is 64.9 Å². The van der Waals surface area contributed by atoms with Gasteiger partial charge >= 0.3 is 38.6 Å². The van der Waals surface area contributed by atoms with E-state index in [9.17, 15) is 0 Å². The van der Waals surface area contributed by atoms with Crippen molar-refractivity contribution in [1.82, 2.24) is 0 Å².